The quantitative estimate of drug-likeness (QED) is 0.586. The van der Waals surface area contributed by atoms with E-state index in [1.807, 2.05) is 0 Å². The fourth-order valence-electron chi connectivity index (χ4n) is 1.64. The fraction of sp³-hybridized carbons (Fsp3) is 0.500. The number of nitrogens with zero attached hydrogens (tertiary/aromatic N) is 1. The molecule has 0 amide bonds. The van der Waals surface area contributed by atoms with E-state index in [1.165, 1.54) is 11.3 Å². The zero-order valence-electron chi connectivity index (χ0n) is 9.04. The van der Waals surface area contributed by atoms with Gasteiger partial charge >= 0.3 is 0 Å². The van der Waals surface area contributed by atoms with Crippen LogP contribution in [0.2, 0.25) is 0 Å². The van der Waals surface area contributed by atoms with Crippen LogP contribution in [-0.4, -0.2) is 17.5 Å². The van der Waals surface area contributed by atoms with Crippen molar-refractivity contribution in [2.24, 2.45) is 0 Å². The summed E-state index contributed by atoms with van der Waals surface area (Å²) >= 11 is 0. The molecule has 1 heterocycles. The summed E-state index contributed by atoms with van der Waals surface area (Å²) in [6, 6.07) is 0.558. The minimum atomic E-state index is 0.558. The lowest BCUT2D eigenvalue weighted by Crippen LogP contribution is -2.27. The first-order chi connectivity index (χ1) is 6.20. The fourth-order valence-corrected chi connectivity index (χ4v) is 1.64. The van der Waals surface area contributed by atoms with Crippen molar-refractivity contribution in [3.8, 4) is 0 Å². The molecule has 13 heavy (non-hydrogen) atoms. The normalized spacial score (nSPS) is 26.2. The Labute approximate surface area is 81.4 Å². The zero-order chi connectivity index (χ0) is 9.84. The predicted molar refractivity (Wildman–Crippen MR) is 58.5 cm³/mol. The van der Waals surface area contributed by atoms with Gasteiger partial charge in [-0.1, -0.05) is 18.2 Å². The van der Waals surface area contributed by atoms with Gasteiger partial charge in [0.25, 0.3) is 0 Å². The Kier molecular flexibility index (Phi) is 3.35. The molecule has 1 aliphatic heterocycles. The third-order valence-corrected chi connectivity index (χ3v) is 2.67. The highest BCUT2D eigenvalue weighted by Gasteiger charge is 2.21. The zero-order valence-corrected chi connectivity index (χ0v) is 9.04. The molecule has 0 fully saturated rings. The van der Waals surface area contributed by atoms with Crippen LogP contribution in [0.15, 0.2) is 35.6 Å². The summed E-state index contributed by atoms with van der Waals surface area (Å²) in [5, 5.41) is 0. The largest absolute Gasteiger partial charge is 0.362 e. The Morgan fingerprint density at radius 1 is 1.46 bits per heavy atom. The average molecular weight is 177 g/mol. The van der Waals surface area contributed by atoms with Gasteiger partial charge in [-0.05, 0) is 39.3 Å². The number of hydrogen-bond donors (Lipinski definition) is 0. The minimum absolute atomic E-state index is 0.558. The molecule has 0 aromatic carbocycles. The second kappa shape index (κ2) is 4.31. The molecule has 0 bridgehead atoms. The van der Waals surface area contributed by atoms with Crippen molar-refractivity contribution in [3.05, 3.63) is 35.6 Å². The third kappa shape index (κ3) is 2.03. The van der Waals surface area contributed by atoms with Crippen molar-refractivity contribution < 1.29 is 0 Å². The van der Waals surface area contributed by atoms with E-state index in [1.54, 1.807) is 0 Å². The van der Waals surface area contributed by atoms with Gasteiger partial charge in [0, 0.05) is 18.3 Å². The van der Waals surface area contributed by atoms with E-state index in [4.69, 9.17) is 0 Å². The van der Waals surface area contributed by atoms with Gasteiger partial charge in [0.2, 0.25) is 0 Å². The summed E-state index contributed by atoms with van der Waals surface area (Å²) < 4.78 is 0. The standard InChI is InChI=1S/C12H19N/c1-5-7-8-13-11(4)10(3)9-12(13)6-2/h5-7,9,11H,8H2,1-4H3/b7-5-,12-6+/t11-/m0/s1. The summed E-state index contributed by atoms with van der Waals surface area (Å²) in [4.78, 5) is 2.41. The molecule has 0 aromatic heterocycles. The Bertz CT molecular complexity index is 258. The molecule has 72 valence electrons. The van der Waals surface area contributed by atoms with Crippen LogP contribution in [-0.2, 0) is 0 Å². The average Bonchev–Trinajstić information content (AvgIpc) is 2.40. The van der Waals surface area contributed by atoms with Crippen LogP contribution >= 0.6 is 0 Å². The lowest BCUT2D eigenvalue weighted by Gasteiger charge is -2.25. The van der Waals surface area contributed by atoms with E-state index in [0.29, 0.717) is 6.04 Å². The van der Waals surface area contributed by atoms with Gasteiger partial charge in [-0.25, -0.2) is 0 Å². The smallest absolute Gasteiger partial charge is 0.0478 e. The van der Waals surface area contributed by atoms with Gasteiger partial charge in [0.05, 0.1) is 0 Å². The van der Waals surface area contributed by atoms with Crippen LogP contribution < -0.4 is 0 Å². The van der Waals surface area contributed by atoms with Crippen LogP contribution in [0.4, 0.5) is 0 Å². The molecule has 0 saturated heterocycles. The number of rotatable bonds is 2. The summed E-state index contributed by atoms with van der Waals surface area (Å²) in [6.07, 6.45) is 8.75. The predicted octanol–water partition coefficient (Wildman–Crippen LogP) is 3.12. The van der Waals surface area contributed by atoms with Gasteiger partial charge in [0.15, 0.2) is 0 Å². The molecule has 0 radical (unpaired) electrons. The molecule has 1 rings (SSSR count). The summed E-state index contributed by atoms with van der Waals surface area (Å²) in [7, 11) is 0. The van der Waals surface area contributed by atoms with Gasteiger partial charge in [-0.2, -0.15) is 0 Å². The molecule has 0 aliphatic carbocycles. The molecule has 1 aliphatic rings. The molecule has 0 unspecified atom stereocenters. The van der Waals surface area contributed by atoms with E-state index in [-0.39, 0.29) is 0 Å². The molecule has 1 heteroatoms. The lowest BCUT2D eigenvalue weighted by molar-refractivity contribution is 0.357. The maximum Gasteiger partial charge on any atom is 0.0478 e. The molecule has 0 saturated carbocycles. The van der Waals surface area contributed by atoms with Crippen LogP contribution in [0.3, 0.4) is 0 Å². The highest BCUT2D eigenvalue weighted by atomic mass is 15.2. The first-order valence-corrected chi connectivity index (χ1v) is 4.93. The molecular weight excluding hydrogens is 158 g/mol. The van der Waals surface area contributed by atoms with E-state index < -0.39 is 0 Å². The molecular formula is C12H19N. The van der Waals surface area contributed by atoms with Crippen LogP contribution in [0.1, 0.15) is 27.7 Å². The molecule has 0 aromatic rings. The minimum Gasteiger partial charge on any atom is -0.362 e. The Morgan fingerprint density at radius 2 is 2.15 bits per heavy atom. The molecule has 1 atom stereocenters. The summed E-state index contributed by atoms with van der Waals surface area (Å²) in [5.41, 5.74) is 2.81. The van der Waals surface area contributed by atoms with E-state index >= 15 is 0 Å². The van der Waals surface area contributed by atoms with Crippen molar-refractivity contribution in [1.29, 1.82) is 0 Å². The summed E-state index contributed by atoms with van der Waals surface area (Å²) in [6.45, 7) is 9.64. The van der Waals surface area contributed by atoms with Crippen molar-refractivity contribution >= 4 is 0 Å². The molecule has 0 N–H and O–H groups in total. The molecule has 0 spiro atoms. The van der Waals surface area contributed by atoms with Crippen molar-refractivity contribution in [3.63, 3.8) is 0 Å². The second-order valence-corrected chi connectivity index (χ2v) is 3.50. The first kappa shape index (κ1) is 10.1. The third-order valence-electron chi connectivity index (χ3n) is 2.67. The van der Waals surface area contributed by atoms with Crippen molar-refractivity contribution in [1.82, 2.24) is 4.90 Å². The Balaban J connectivity index is 2.75. The highest BCUT2D eigenvalue weighted by Crippen LogP contribution is 2.25. The van der Waals surface area contributed by atoms with E-state index in [2.05, 4.69) is 56.9 Å². The Morgan fingerprint density at radius 3 is 2.69 bits per heavy atom. The monoisotopic (exact) mass is 177 g/mol. The summed E-state index contributed by atoms with van der Waals surface area (Å²) in [5.74, 6) is 0. The topological polar surface area (TPSA) is 3.24 Å². The van der Waals surface area contributed by atoms with Crippen molar-refractivity contribution in [2.75, 3.05) is 6.54 Å². The maximum absolute atomic E-state index is 2.41. The van der Waals surface area contributed by atoms with Crippen LogP contribution in [0, 0.1) is 0 Å². The second-order valence-electron chi connectivity index (χ2n) is 3.50. The molecule has 1 nitrogen and oxygen atoms in total. The lowest BCUT2D eigenvalue weighted by atomic mass is 10.2. The first-order valence-electron chi connectivity index (χ1n) is 4.93. The maximum atomic E-state index is 2.41. The van der Waals surface area contributed by atoms with Crippen LogP contribution in [0.5, 0.6) is 0 Å². The highest BCUT2D eigenvalue weighted by molar-refractivity contribution is 5.32. The SMILES string of the molecule is C/C=C\CN1/C(=C/C)C=C(C)[C@@H]1C. The van der Waals surface area contributed by atoms with Gasteiger partial charge in [-0.15, -0.1) is 0 Å². The van der Waals surface area contributed by atoms with Gasteiger partial charge < -0.3 is 4.90 Å². The van der Waals surface area contributed by atoms with Gasteiger partial charge in [0.1, 0.15) is 0 Å². The van der Waals surface area contributed by atoms with E-state index in [0.717, 1.165) is 6.54 Å². The van der Waals surface area contributed by atoms with E-state index in [9.17, 15) is 0 Å². The Hall–Kier alpha value is -0.980. The van der Waals surface area contributed by atoms with Crippen LogP contribution in [0.25, 0.3) is 0 Å². The number of hydrogen-bond acceptors (Lipinski definition) is 1. The van der Waals surface area contributed by atoms with Gasteiger partial charge in [-0.3, -0.25) is 0 Å². The number of allylic oxidation sites excluding steroid dienone is 3. The van der Waals surface area contributed by atoms with Crippen molar-refractivity contribution in [2.45, 2.75) is 33.7 Å².